The molecule has 2 N–H and O–H groups in total. The lowest BCUT2D eigenvalue weighted by Crippen LogP contribution is -2.09. The van der Waals surface area contributed by atoms with Gasteiger partial charge in [0.1, 0.15) is 4.34 Å². The lowest BCUT2D eigenvalue weighted by atomic mass is 10.3. The van der Waals surface area contributed by atoms with E-state index in [4.69, 9.17) is 29.6 Å². The fourth-order valence-electron chi connectivity index (χ4n) is 0.650. The van der Waals surface area contributed by atoms with Crippen LogP contribution in [0.2, 0.25) is 4.34 Å². The van der Waals surface area contributed by atoms with Crippen molar-refractivity contribution in [1.82, 2.24) is 0 Å². The molecule has 11 heavy (non-hydrogen) atoms. The summed E-state index contributed by atoms with van der Waals surface area (Å²) in [5, 5.41) is 0. The Kier molecular flexibility index (Phi) is 3.30. The normalized spacial score (nSPS) is 10.0. The van der Waals surface area contributed by atoms with Gasteiger partial charge in [0, 0.05) is 15.8 Å². The van der Waals surface area contributed by atoms with Gasteiger partial charge < -0.3 is 5.73 Å². The Morgan fingerprint density at radius 2 is 2.45 bits per heavy atom. The largest absolute Gasteiger partial charge is 0.393 e. The van der Waals surface area contributed by atoms with Gasteiger partial charge in [0.15, 0.2) is 0 Å². The molecule has 0 aliphatic heterocycles. The van der Waals surface area contributed by atoms with E-state index in [1.807, 2.05) is 6.07 Å². The lowest BCUT2D eigenvalue weighted by molar-refractivity contribution is 1.41. The van der Waals surface area contributed by atoms with Gasteiger partial charge in [-0.3, -0.25) is 0 Å². The average Bonchev–Trinajstić information content (AvgIpc) is 2.10. The minimum atomic E-state index is 0.496. The number of rotatable bonds is 2. The van der Waals surface area contributed by atoms with Crippen molar-refractivity contribution in [1.29, 1.82) is 0 Å². The number of thiocarbonyl (C=S) groups is 1. The van der Waals surface area contributed by atoms with Crippen LogP contribution in [0.25, 0.3) is 0 Å². The molecule has 0 fully saturated rings. The summed E-state index contributed by atoms with van der Waals surface area (Å²) in [6.45, 7) is 0. The maximum Gasteiger partial charge on any atom is 0.107 e. The predicted octanol–water partition coefficient (Wildman–Crippen LogP) is 2.99. The van der Waals surface area contributed by atoms with Crippen molar-refractivity contribution < 1.29 is 0 Å². The third-order valence-electron chi connectivity index (χ3n) is 1.04. The molecule has 1 aromatic heterocycles. The quantitative estimate of drug-likeness (QED) is 0.836. The fraction of sp³-hybridized carbons (Fsp3) is 0.167. The van der Waals surface area contributed by atoms with Gasteiger partial charge in [-0.15, -0.1) is 11.3 Å². The van der Waals surface area contributed by atoms with Crippen molar-refractivity contribution >= 4 is 56.1 Å². The Balaban J connectivity index is 2.81. The number of nitrogens with two attached hydrogens (primary N) is 1. The van der Waals surface area contributed by atoms with E-state index in [9.17, 15) is 0 Å². The van der Waals surface area contributed by atoms with Gasteiger partial charge in [0.25, 0.3) is 0 Å². The maximum atomic E-state index is 5.80. The van der Waals surface area contributed by atoms with E-state index >= 15 is 0 Å². The Labute approximate surface area is 87.7 Å². The summed E-state index contributed by atoms with van der Waals surface area (Å²) < 4.78 is 1.66. The minimum Gasteiger partial charge on any atom is -0.393 e. The Hall–Kier alpha value is 0.360. The summed E-state index contributed by atoms with van der Waals surface area (Å²) in [6, 6.07) is 1.94. The van der Waals surface area contributed by atoms with E-state index in [0.29, 0.717) is 11.4 Å². The SMILES string of the molecule is NC(=S)Cc1cc(Br)c(Cl)s1. The van der Waals surface area contributed by atoms with Gasteiger partial charge >= 0.3 is 0 Å². The summed E-state index contributed by atoms with van der Waals surface area (Å²) in [4.78, 5) is 1.59. The minimum absolute atomic E-state index is 0.496. The highest BCUT2D eigenvalue weighted by molar-refractivity contribution is 9.10. The molecule has 1 heterocycles. The van der Waals surface area contributed by atoms with Gasteiger partial charge in [-0.1, -0.05) is 23.8 Å². The van der Waals surface area contributed by atoms with Crippen molar-refractivity contribution in [3.63, 3.8) is 0 Å². The van der Waals surface area contributed by atoms with Crippen molar-refractivity contribution in [3.8, 4) is 0 Å². The van der Waals surface area contributed by atoms with Gasteiger partial charge in [0.2, 0.25) is 0 Å². The number of thiophene rings is 1. The monoisotopic (exact) mass is 269 g/mol. The highest BCUT2D eigenvalue weighted by Gasteiger charge is 2.04. The second-order valence-corrected chi connectivity index (χ2v) is 5.09. The third kappa shape index (κ3) is 2.71. The molecule has 0 saturated carbocycles. The molecule has 0 saturated heterocycles. The van der Waals surface area contributed by atoms with Crippen LogP contribution >= 0.6 is 51.1 Å². The van der Waals surface area contributed by atoms with Gasteiger partial charge in [0.05, 0.1) is 4.99 Å². The molecule has 60 valence electrons. The van der Waals surface area contributed by atoms with Crippen LogP contribution in [0.4, 0.5) is 0 Å². The molecule has 1 rings (SSSR count). The van der Waals surface area contributed by atoms with Crippen molar-refractivity contribution in [3.05, 3.63) is 19.8 Å². The Morgan fingerprint density at radius 1 is 1.82 bits per heavy atom. The zero-order chi connectivity index (χ0) is 8.43. The molecule has 1 aromatic rings. The zero-order valence-corrected chi connectivity index (χ0v) is 9.41. The molecule has 0 aromatic carbocycles. The van der Waals surface area contributed by atoms with E-state index in [-0.39, 0.29) is 0 Å². The van der Waals surface area contributed by atoms with E-state index in [2.05, 4.69) is 15.9 Å². The molecule has 0 unspecified atom stereocenters. The van der Waals surface area contributed by atoms with Crippen LogP contribution < -0.4 is 5.73 Å². The number of hydrogen-bond donors (Lipinski definition) is 1. The number of hydrogen-bond acceptors (Lipinski definition) is 2. The van der Waals surface area contributed by atoms with Gasteiger partial charge in [-0.05, 0) is 22.0 Å². The smallest absolute Gasteiger partial charge is 0.107 e. The Bertz CT molecular complexity index is 265. The van der Waals surface area contributed by atoms with E-state index in [0.717, 1.165) is 13.7 Å². The lowest BCUT2D eigenvalue weighted by Gasteiger charge is -1.90. The van der Waals surface area contributed by atoms with Gasteiger partial charge in [-0.2, -0.15) is 0 Å². The first-order chi connectivity index (χ1) is 5.09. The molecule has 0 atom stereocenters. The van der Waals surface area contributed by atoms with E-state index in [1.165, 1.54) is 11.3 Å². The molecule has 0 radical (unpaired) electrons. The molecule has 0 bridgehead atoms. The summed E-state index contributed by atoms with van der Waals surface area (Å²) in [7, 11) is 0. The molecular weight excluding hydrogens is 266 g/mol. The zero-order valence-electron chi connectivity index (χ0n) is 5.43. The van der Waals surface area contributed by atoms with Crippen LogP contribution in [0, 0.1) is 0 Å². The van der Waals surface area contributed by atoms with Gasteiger partial charge in [-0.25, -0.2) is 0 Å². The molecule has 0 aliphatic carbocycles. The predicted molar refractivity (Wildman–Crippen MR) is 57.5 cm³/mol. The second kappa shape index (κ2) is 3.85. The molecule has 0 spiro atoms. The first-order valence-corrected chi connectivity index (χ1v) is 5.21. The number of halogens is 2. The van der Waals surface area contributed by atoms with Crippen LogP contribution in [-0.2, 0) is 6.42 Å². The highest BCUT2D eigenvalue weighted by Crippen LogP contribution is 2.32. The molecule has 5 heteroatoms. The molecular formula is C6H5BrClNS2. The molecule has 1 nitrogen and oxygen atoms in total. The second-order valence-electron chi connectivity index (χ2n) is 1.98. The third-order valence-corrected chi connectivity index (χ3v) is 3.66. The van der Waals surface area contributed by atoms with Crippen LogP contribution in [0.1, 0.15) is 4.88 Å². The summed E-state index contributed by atoms with van der Waals surface area (Å²) in [5.74, 6) is 0. The summed E-state index contributed by atoms with van der Waals surface area (Å²) >= 11 is 15.4. The first kappa shape index (κ1) is 9.45. The topological polar surface area (TPSA) is 26.0 Å². The standard InChI is InChI=1S/C6H5BrClNS2/c7-4-1-3(2-5(9)10)11-6(4)8/h1H,2H2,(H2,9,10). The highest BCUT2D eigenvalue weighted by atomic mass is 79.9. The summed E-state index contributed by atoms with van der Waals surface area (Å²) in [6.07, 6.45) is 0.630. The Morgan fingerprint density at radius 3 is 2.82 bits per heavy atom. The first-order valence-electron chi connectivity index (χ1n) is 2.81. The summed E-state index contributed by atoms with van der Waals surface area (Å²) in [5.41, 5.74) is 5.36. The molecule has 0 amide bonds. The average molecular weight is 271 g/mol. The maximum absolute atomic E-state index is 5.80. The molecule has 0 aliphatic rings. The van der Waals surface area contributed by atoms with Crippen molar-refractivity contribution in [2.45, 2.75) is 6.42 Å². The van der Waals surface area contributed by atoms with Crippen LogP contribution in [0.3, 0.4) is 0 Å². The van der Waals surface area contributed by atoms with Crippen molar-refractivity contribution in [2.24, 2.45) is 5.73 Å². The van der Waals surface area contributed by atoms with E-state index < -0.39 is 0 Å². The van der Waals surface area contributed by atoms with Crippen LogP contribution in [0.5, 0.6) is 0 Å². The van der Waals surface area contributed by atoms with Crippen LogP contribution in [0.15, 0.2) is 10.5 Å². The fourth-order valence-corrected chi connectivity index (χ4v) is 2.71. The van der Waals surface area contributed by atoms with Crippen molar-refractivity contribution in [2.75, 3.05) is 0 Å². The van der Waals surface area contributed by atoms with Crippen LogP contribution in [-0.4, -0.2) is 4.99 Å². The van der Waals surface area contributed by atoms with E-state index in [1.54, 1.807) is 0 Å².